The first-order chi connectivity index (χ1) is 10.8. The predicted octanol–water partition coefficient (Wildman–Crippen LogP) is 3.61. The van der Waals surface area contributed by atoms with Crippen molar-refractivity contribution in [1.29, 1.82) is 0 Å². The van der Waals surface area contributed by atoms with E-state index in [1.54, 1.807) is 6.08 Å². The summed E-state index contributed by atoms with van der Waals surface area (Å²) in [6.45, 7) is 3.85. The maximum atomic E-state index is 9.92. The topological polar surface area (TPSA) is 49.7 Å². The summed E-state index contributed by atoms with van der Waals surface area (Å²) in [6, 6.07) is 0. The first-order valence-corrected chi connectivity index (χ1v) is 8.96. The van der Waals surface area contributed by atoms with Crippen molar-refractivity contribution in [3.05, 3.63) is 24.8 Å². The van der Waals surface area contributed by atoms with E-state index in [-0.39, 0.29) is 12.7 Å². The van der Waals surface area contributed by atoms with Crippen molar-refractivity contribution in [2.24, 2.45) is 11.8 Å². The second-order valence-electron chi connectivity index (χ2n) is 6.81. The van der Waals surface area contributed by atoms with Gasteiger partial charge in [0, 0.05) is 0 Å². The molecular formula is C19H32O3. The van der Waals surface area contributed by atoms with Gasteiger partial charge in [-0.1, -0.05) is 24.6 Å². The lowest BCUT2D eigenvalue weighted by atomic mass is 9.74. The van der Waals surface area contributed by atoms with Crippen LogP contribution in [0.2, 0.25) is 0 Å². The Morgan fingerprint density at radius 1 is 1.09 bits per heavy atom. The Hall–Kier alpha value is -0.640. The maximum Gasteiger partial charge on any atom is 0.0612 e. The summed E-state index contributed by atoms with van der Waals surface area (Å²) >= 11 is 0. The Labute approximate surface area is 135 Å². The van der Waals surface area contributed by atoms with Crippen LogP contribution in [0.1, 0.15) is 57.8 Å². The molecule has 0 aliphatic carbocycles. The second kappa shape index (κ2) is 9.49. The number of hydrogen-bond donors (Lipinski definition) is 2. The van der Waals surface area contributed by atoms with Gasteiger partial charge in [0.05, 0.1) is 24.9 Å². The number of allylic oxidation sites excluding steroid dienone is 1. The lowest BCUT2D eigenvalue weighted by Crippen LogP contribution is -2.28. The molecule has 2 aliphatic rings. The zero-order valence-corrected chi connectivity index (χ0v) is 13.7. The number of aliphatic hydroxyl groups excluding tert-OH is 2. The SMILES string of the molecule is C=CCC(O)CC[C@H]1[C@@H](CCCCC=CCO)[C@H]2CC[C@@H]1O2. The van der Waals surface area contributed by atoms with Gasteiger partial charge in [-0.05, 0) is 63.2 Å². The Bertz CT molecular complexity index is 353. The van der Waals surface area contributed by atoms with Crippen LogP contribution in [0.5, 0.6) is 0 Å². The van der Waals surface area contributed by atoms with Crippen LogP contribution < -0.4 is 0 Å². The standard InChI is InChI=1S/C19H32O3/c1-2-8-15(21)10-11-17-16(18-12-13-19(17)22-18)9-6-4-3-5-7-14-20/h2,5,7,15-21H,1,3-4,6,8-14H2/t15?,16-,17+,18-,19+/m1/s1. The van der Waals surface area contributed by atoms with Gasteiger partial charge < -0.3 is 14.9 Å². The molecule has 3 heteroatoms. The molecule has 3 nitrogen and oxygen atoms in total. The van der Waals surface area contributed by atoms with Crippen molar-refractivity contribution >= 4 is 0 Å². The van der Waals surface area contributed by atoms with Crippen LogP contribution in [0.15, 0.2) is 24.8 Å². The van der Waals surface area contributed by atoms with Crippen molar-refractivity contribution < 1.29 is 14.9 Å². The van der Waals surface area contributed by atoms with Gasteiger partial charge in [-0.3, -0.25) is 0 Å². The summed E-state index contributed by atoms with van der Waals surface area (Å²) in [5.41, 5.74) is 0. The monoisotopic (exact) mass is 308 g/mol. The molecule has 0 aromatic heterocycles. The van der Waals surface area contributed by atoms with Crippen molar-refractivity contribution in [2.45, 2.75) is 76.1 Å². The lowest BCUT2D eigenvalue weighted by molar-refractivity contribution is 0.0832. The van der Waals surface area contributed by atoms with Gasteiger partial charge in [0.15, 0.2) is 0 Å². The second-order valence-corrected chi connectivity index (χ2v) is 6.81. The van der Waals surface area contributed by atoms with Crippen molar-refractivity contribution in [3.63, 3.8) is 0 Å². The molecule has 2 aliphatic heterocycles. The van der Waals surface area contributed by atoms with Crippen LogP contribution in [0.3, 0.4) is 0 Å². The van der Waals surface area contributed by atoms with E-state index in [2.05, 4.69) is 12.7 Å². The fourth-order valence-corrected chi connectivity index (χ4v) is 4.20. The third-order valence-electron chi connectivity index (χ3n) is 5.29. The van der Waals surface area contributed by atoms with Crippen LogP contribution >= 0.6 is 0 Å². The fraction of sp³-hybridized carbons (Fsp3) is 0.789. The molecule has 2 N–H and O–H groups in total. The summed E-state index contributed by atoms with van der Waals surface area (Å²) in [4.78, 5) is 0. The maximum absolute atomic E-state index is 9.92. The molecule has 22 heavy (non-hydrogen) atoms. The minimum atomic E-state index is -0.235. The summed E-state index contributed by atoms with van der Waals surface area (Å²) in [5.74, 6) is 1.34. The Morgan fingerprint density at radius 3 is 2.50 bits per heavy atom. The molecular weight excluding hydrogens is 276 g/mol. The van der Waals surface area contributed by atoms with E-state index in [1.165, 1.54) is 32.1 Å². The first kappa shape index (κ1) is 17.7. The summed E-state index contributed by atoms with van der Waals surface area (Å²) in [7, 11) is 0. The Balaban J connectivity index is 1.72. The highest BCUT2D eigenvalue weighted by Gasteiger charge is 2.47. The molecule has 0 radical (unpaired) electrons. The molecule has 0 aromatic carbocycles. The zero-order valence-electron chi connectivity index (χ0n) is 13.7. The summed E-state index contributed by atoms with van der Waals surface area (Å²) in [6.07, 6.45) is 16.2. The molecule has 2 bridgehead atoms. The molecule has 0 saturated carbocycles. The molecule has 0 amide bonds. The van der Waals surface area contributed by atoms with Crippen molar-refractivity contribution in [2.75, 3.05) is 6.61 Å². The van der Waals surface area contributed by atoms with E-state index in [4.69, 9.17) is 9.84 Å². The van der Waals surface area contributed by atoms with Crippen LogP contribution in [0.4, 0.5) is 0 Å². The van der Waals surface area contributed by atoms with Crippen LogP contribution in [0.25, 0.3) is 0 Å². The Kier molecular flexibility index (Phi) is 7.64. The van der Waals surface area contributed by atoms with Crippen molar-refractivity contribution in [3.8, 4) is 0 Å². The van der Waals surface area contributed by atoms with Crippen LogP contribution in [0, 0.1) is 11.8 Å². The highest BCUT2D eigenvalue weighted by atomic mass is 16.5. The third-order valence-corrected chi connectivity index (χ3v) is 5.29. The fourth-order valence-electron chi connectivity index (χ4n) is 4.20. The molecule has 5 atom stereocenters. The van der Waals surface area contributed by atoms with Crippen molar-refractivity contribution in [1.82, 2.24) is 0 Å². The first-order valence-electron chi connectivity index (χ1n) is 8.96. The largest absolute Gasteiger partial charge is 0.393 e. The highest BCUT2D eigenvalue weighted by Crippen LogP contribution is 2.47. The minimum absolute atomic E-state index is 0.148. The summed E-state index contributed by atoms with van der Waals surface area (Å²) < 4.78 is 6.14. The summed E-state index contributed by atoms with van der Waals surface area (Å²) in [5, 5.41) is 18.6. The molecule has 2 heterocycles. The molecule has 2 fully saturated rings. The molecule has 0 aromatic rings. The number of unbranched alkanes of at least 4 members (excludes halogenated alkanes) is 2. The van der Waals surface area contributed by atoms with Gasteiger partial charge in [0.25, 0.3) is 0 Å². The van der Waals surface area contributed by atoms with E-state index in [0.29, 0.717) is 30.5 Å². The normalized spacial score (nSPS) is 31.9. The van der Waals surface area contributed by atoms with E-state index >= 15 is 0 Å². The van der Waals surface area contributed by atoms with Gasteiger partial charge in [-0.2, -0.15) is 0 Å². The van der Waals surface area contributed by atoms with Gasteiger partial charge in [0.2, 0.25) is 0 Å². The van der Waals surface area contributed by atoms with Crippen LogP contribution in [-0.4, -0.2) is 35.1 Å². The number of rotatable bonds is 11. The van der Waals surface area contributed by atoms with Gasteiger partial charge in [0.1, 0.15) is 0 Å². The van der Waals surface area contributed by atoms with E-state index < -0.39 is 0 Å². The van der Waals surface area contributed by atoms with Gasteiger partial charge in [-0.25, -0.2) is 0 Å². The quantitative estimate of drug-likeness (QED) is 0.453. The third kappa shape index (κ3) is 4.94. The number of ether oxygens (including phenoxy) is 1. The average Bonchev–Trinajstić information content (AvgIpc) is 3.10. The number of fused-ring (bicyclic) bond motifs is 2. The molecule has 126 valence electrons. The molecule has 2 rings (SSSR count). The van der Waals surface area contributed by atoms with Gasteiger partial charge in [-0.15, -0.1) is 6.58 Å². The van der Waals surface area contributed by atoms with Gasteiger partial charge >= 0.3 is 0 Å². The van der Waals surface area contributed by atoms with Crippen LogP contribution in [-0.2, 0) is 4.74 Å². The smallest absolute Gasteiger partial charge is 0.0612 e. The van der Waals surface area contributed by atoms with E-state index in [1.807, 2.05) is 6.08 Å². The lowest BCUT2D eigenvalue weighted by Gasteiger charge is -2.28. The average molecular weight is 308 g/mol. The molecule has 1 unspecified atom stereocenters. The molecule has 0 spiro atoms. The van der Waals surface area contributed by atoms with E-state index in [0.717, 1.165) is 19.3 Å². The minimum Gasteiger partial charge on any atom is -0.393 e. The number of aliphatic hydroxyl groups is 2. The number of hydrogen-bond acceptors (Lipinski definition) is 3. The van der Waals surface area contributed by atoms with E-state index in [9.17, 15) is 5.11 Å². The Morgan fingerprint density at radius 2 is 1.82 bits per heavy atom. The molecule has 2 saturated heterocycles. The zero-order chi connectivity index (χ0) is 15.8. The predicted molar refractivity (Wildman–Crippen MR) is 89.6 cm³/mol. The highest BCUT2D eigenvalue weighted by molar-refractivity contribution is 4.96.